The predicted octanol–water partition coefficient (Wildman–Crippen LogP) is 5.89. The van der Waals surface area contributed by atoms with Crippen LogP contribution in [0.25, 0.3) is 0 Å². The van der Waals surface area contributed by atoms with Crippen molar-refractivity contribution in [3.05, 3.63) is 144 Å². The lowest BCUT2D eigenvalue weighted by atomic mass is 9.99. The maximum absolute atomic E-state index is 13.5. The number of benzene rings is 4. The average molecular weight is 811 g/mol. The zero-order valence-corrected chi connectivity index (χ0v) is 33.3. The maximum Gasteiger partial charge on any atom is 0.328 e. The summed E-state index contributed by atoms with van der Waals surface area (Å²) in [5, 5.41) is 2.57. The fourth-order valence-electron chi connectivity index (χ4n) is 5.53. The van der Waals surface area contributed by atoms with Gasteiger partial charge >= 0.3 is 23.9 Å². The number of hydrogen-bond donors (Lipinski definition) is 2. The molecule has 0 bridgehead atoms. The van der Waals surface area contributed by atoms with Crippen LogP contribution in [-0.2, 0) is 74.1 Å². The molecule has 4 aromatic carbocycles. The van der Waals surface area contributed by atoms with E-state index in [4.69, 9.17) is 24.7 Å². The number of carbonyl (C=O) groups is 6. The molecule has 0 unspecified atom stereocenters. The predicted molar refractivity (Wildman–Crippen MR) is 218 cm³/mol. The van der Waals surface area contributed by atoms with Crippen LogP contribution in [0.1, 0.15) is 54.9 Å². The van der Waals surface area contributed by atoms with Gasteiger partial charge in [-0.15, -0.1) is 0 Å². The highest BCUT2D eigenvalue weighted by Crippen LogP contribution is 2.23. The van der Waals surface area contributed by atoms with Crippen LogP contribution in [0.2, 0.25) is 0 Å². The van der Waals surface area contributed by atoms with E-state index in [-0.39, 0.29) is 69.4 Å². The van der Waals surface area contributed by atoms with Crippen molar-refractivity contribution in [3.8, 4) is 0 Å². The van der Waals surface area contributed by atoms with Gasteiger partial charge in [-0.25, -0.2) is 4.79 Å². The Balaban J connectivity index is 1.41. The summed E-state index contributed by atoms with van der Waals surface area (Å²) in [4.78, 5) is 78.8. The molecule has 4 rings (SSSR count). The number of carbonyl (C=O) groups excluding carboxylic acids is 6. The first kappa shape index (κ1) is 44.9. The molecular formula is C45H50N2O10S. The van der Waals surface area contributed by atoms with Gasteiger partial charge in [-0.2, -0.15) is 11.8 Å². The number of nitrogens with two attached hydrogens (primary N) is 1. The van der Waals surface area contributed by atoms with Crippen molar-refractivity contribution < 1.29 is 47.7 Å². The lowest BCUT2D eigenvalue weighted by Crippen LogP contribution is -2.48. The van der Waals surface area contributed by atoms with Crippen molar-refractivity contribution in [3.63, 3.8) is 0 Å². The molecule has 1 amide bonds. The fourth-order valence-corrected chi connectivity index (χ4v) is 6.74. The Morgan fingerprint density at radius 2 is 0.931 bits per heavy atom. The molecule has 0 aliphatic carbocycles. The third kappa shape index (κ3) is 16.7. The van der Waals surface area contributed by atoms with Crippen LogP contribution in [0.3, 0.4) is 0 Å². The van der Waals surface area contributed by atoms with Gasteiger partial charge in [0, 0.05) is 24.3 Å². The quantitative estimate of drug-likeness (QED) is 0.0635. The summed E-state index contributed by atoms with van der Waals surface area (Å²) in [5.41, 5.74) is 8.80. The second kappa shape index (κ2) is 24.8. The molecule has 13 heteroatoms. The molecule has 0 aliphatic heterocycles. The summed E-state index contributed by atoms with van der Waals surface area (Å²) in [5.74, 6) is -5.19. The van der Waals surface area contributed by atoms with Crippen LogP contribution in [0.15, 0.2) is 121 Å². The Hall–Kier alpha value is -5.79. The van der Waals surface area contributed by atoms with Crippen molar-refractivity contribution >= 4 is 47.3 Å². The van der Waals surface area contributed by atoms with Crippen LogP contribution in [0.5, 0.6) is 0 Å². The molecule has 0 spiro atoms. The fraction of sp³-hybridized carbons (Fsp3) is 0.333. The summed E-state index contributed by atoms with van der Waals surface area (Å²) >= 11 is 1.21. The second-order valence-corrected chi connectivity index (χ2v) is 14.8. The topological polar surface area (TPSA) is 177 Å². The smallest absolute Gasteiger partial charge is 0.328 e. The van der Waals surface area contributed by atoms with Gasteiger partial charge in [0.1, 0.15) is 38.3 Å². The van der Waals surface area contributed by atoms with Crippen molar-refractivity contribution in [2.24, 2.45) is 17.6 Å². The summed E-state index contributed by atoms with van der Waals surface area (Å²) in [6, 6.07) is 34.3. The standard InChI is InChI=1S/C45H50N2O10S/c1-32(46)42(50)47-40(45(53)57-29-36-20-12-5-13-21-36)23-22-39(48)24-37(43(51)55-27-34-16-8-3-9-17-34)30-58-31-38(44(52)56-28-35-18-10-4-11-19-35)25-41(49)54-26-33-14-6-2-7-15-33/h2-21,32,37-38,40H,22-31,46H2,1H3,(H,47,50)/t32-,37+,38-,40+/m0/s1. The van der Waals surface area contributed by atoms with E-state index in [1.54, 1.807) is 36.4 Å². The molecule has 12 nitrogen and oxygen atoms in total. The Labute approximate surface area is 343 Å². The minimum absolute atomic E-state index is 0.00822. The van der Waals surface area contributed by atoms with Crippen molar-refractivity contribution in [1.29, 1.82) is 0 Å². The van der Waals surface area contributed by atoms with Crippen LogP contribution < -0.4 is 11.1 Å². The number of thioether (sulfide) groups is 1. The molecule has 3 N–H and O–H groups in total. The molecule has 0 saturated heterocycles. The molecule has 0 fully saturated rings. The van der Waals surface area contributed by atoms with Crippen LogP contribution in [-0.4, -0.2) is 59.2 Å². The molecule has 0 aromatic heterocycles. The van der Waals surface area contributed by atoms with Gasteiger partial charge in [-0.3, -0.25) is 24.0 Å². The largest absolute Gasteiger partial charge is 0.461 e. The summed E-state index contributed by atoms with van der Waals surface area (Å²) in [6.07, 6.45) is -0.760. The van der Waals surface area contributed by atoms with Crippen molar-refractivity contribution in [2.45, 2.75) is 71.1 Å². The Morgan fingerprint density at radius 1 is 0.552 bits per heavy atom. The third-order valence-electron chi connectivity index (χ3n) is 8.83. The highest BCUT2D eigenvalue weighted by Gasteiger charge is 2.30. The van der Waals surface area contributed by atoms with Gasteiger partial charge in [0.2, 0.25) is 5.91 Å². The van der Waals surface area contributed by atoms with E-state index in [0.29, 0.717) is 0 Å². The number of amides is 1. The van der Waals surface area contributed by atoms with E-state index >= 15 is 0 Å². The number of hydrogen-bond acceptors (Lipinski definition) is 12. The highest BCUT2D eigenvalue weighted by molar-refractivity contribution is 7.99. The minimum Gasteiger partial charge on any atom is -0.461 e. The number of ether oxygens (including phenoxy) is 4. The van der Waals surface area contributed by atoms with Gasteiger partial charge in [0.15, 0.2) is 0 Å². The van der Waals surface area contributed by atoms with Crippen LogP contribution in [0.4, 0.5) is 0 Å². The Kier molecular flexibility index (Phi) is 19.2. The molecule has 4 atom stereocenters. The highest BCUT2D eigenvalue weighted by atomic mass is 32.2. The first-order valence-corrected chi connectivity index (χ1v) is 20.2. The summed E-state index contributed by atoms with van der Waals surface area (Å²) in [6.45, 7) is 1.47. The number of ketones is 1. The van der Waals surface area contributed by atoms with Crippen LogP contribution in [0, 0.1) is 11.8 Å². The Morgan fingerprint density at radius 3 is 1.34 bits per heavy atom. The molecule has 0 aliphatic rings. The molecule has 58 heavy (non-hydrogen) atoms. The second-order valence-electron chi connectivity index (χ2n) is 13.7. The lowest BCUT2D eigenvalue weighted by Gasteiger charge is -2.20. The lowest BCUT2D eigenvalue weighted by molar-refractivity contribution is -0.155. The molecule has 306 valence electrons. The zero-order valence-electron chi connectivity index (χ0n) is 32.5. The van der Waals surface area contributed by atoms with Gasteiger partial charge < -0.3 is 30.0 Å². The average Bonchev–Trinajstić information content (AvgIpc) is 3.25. The van der Waals surface area contributed by atoms with Crippen molar-refractivity contribution in [1.82, 2.24) is 5.32 Å². The van der Waals surface area contributed by atoms with E-state index in [1.165, 1.54) is 18.7 Å². The van der Waals surface area contributed by atoms with Gasteiger partial charge in [-0.1, -0.05) is 121 Å². The van der Waals surface area contributed by atoms with E-state index in [0.717, 1.165) is 22.3 Å². The first-order valence-electron chi connectivity index (χ1n) is 19.0. The maximum atomic E-state index is 13.5. The van der Waals surface area contributed by atoms with Crippen LogP contribution >= 0.6 is 11.8 Å². The van der Waals surface area contributed by atoms with E-state index in [9.17, 15) is 28.8 Å². The molecule has 0 radical (unpaired) electrons. The summed E-state index contributed by atoms with van der Waals surface area (Å²) in [7, 11) is 0. The zero-order chi connectivity index (χ0) is 41.5. The minimum atomic E-state index is -1.16. The normalized spacial score (nSPS) is 12.9. The number of esters is 4. The molecule has 0 saturated carbocycles. The number of Topliss-reactive ketones (excluding diaryl/α,β-unsaturated/α-hetero) is 1. The Bertz CT molecular complexity index is 1900. The van der Waals surface area contributed by atoms with Crippen molar-refractivity contribution in [2.75, 3.05) is 11.5 Å². The monoisotopic (exact) mass is 810 g/mol. The summed E-state index contributed by atoms with van der Waals surface area (Å²) < 4.78 is 22.1. The molecular weight excluding hydrogens is 761 g/mol. The third-order valence-corrected chi connectivity index (χ3v) is 10.1. The van der Waals surface area contributed by atoms with Gasteiger partial charge in [0.25, 0.3) is 0 Å². The van der Waals surface area contributed by atoms with E-state index in [2.05, 4.69) is 5.32 Å². The SMILES string of the molecule is C[C@H](N)C(=O)N[C@H](CCC(=O)C[C@H](CSC[C@H](CC(=O)OCc1ccccc1)C(=O)OCc1ccccc1)C(=O)OCc1ccccc1)C(=O)OCc1ccccc1. The number of rotatable bonds is 24. The van der Waals surface area contributed by atoms with E-state index in [1.807, 2.05) is 84.9 Å². The number of nitrogens with one attached hydrogen (secondary N) is 1. The molecule has 4 aromatic rings. The molecule has 0 heterocycles. The van der Waals surface area contributed by atoms with E-state index < -0.39 is 53.7 Å². The van der Waals surface area contributed by atoms with Gasteiger partial charge in [0.05, 0.1) is 24.3 Å². The first-order chi connectivity index (χ1) is 28.1. The van der Waals surface area contributed by atoms with Gasteiger partial charge in [-0.05, 0) is 35.6 Å².